The maximum Gasteiger partial charge on any atom is 0.0704 e. The lowest BCUT2D eigenvalue weighted by Crippen LogP contribution is -2.27. The molecule has 17 heavy (non-hydrogen) atoms. The highest BCUT2D eigenvalue weighted by molar-refractivity contribution is 5.14. The van der Waals surface area contributed by atoms with Gasteiger partial charge >= 0.3 is 0 Å². The minimum absolute atomic E-state index is 0.446. The summed E-state index contributed by atoms with van der Waals surface area (Å²) >= 11 is 0. The summed E-state index contributed by atoms with van der Waals surface area (Å²) in [5.74, 6) is 0. The maximum absolute atomic E-state index is 5.76. The first kappa shape index (κ1) is 12.6. The first-order valence-corrected chi connectivity index (χ1v) is 6.74. The number of hydrogen-bond donors (Lipinski definition) is 1. The normalized spacial score (nSPS) is 24.1. The van der Waals surface area contributed by atoms with Gasteiger partial charge < -0.3 is 10.1 Å². The molecule has 1 N–H and O–H groups in total. The molecule has 1 saturated heterocycles. The minimum Gasteiger partial charge on any atom is -0.374 e. The molecule has 0 aliphatic carbocycles. The highest BCUT2D eigenvalue weighted by Crippen LogP contribution is 2.18. The Balaban J connectivity index is 1.52. The van der Waals surface area contributed by atoms with E-state index >= 15 is 0 Å². The summed E-state index contributed by atoms with van der Waals surface area (Å²) in [5, 5.41) is 3.49. The molecule has 1 aliphatic rings. The zero-order valence-corrected chi connectivity index (χ0v) is 10.7. The topological polar surface area (TPSA) is 21.3 Å². The van der Waals surface area contributed by atoms with Crippen LogP contribution in [0.3, 0.4) is 0 Å². The molecule has 0 aromatic heterocycles. The standard InChI is InChI=1S/C15H23NO/c1-13-9-10-15(17-13)12-16-11-5-8-14-6-3-2-4-7-14/h2-4,6-7,13,15-16H,5,8-12H2,1H3. The molecular weight excluding hydrogens is 210 g/mol. The molecule has 2 atom stereocenters. The zero-order chi connectivity index (χ0) is 11.9. The van der Waals surface area contributed by atoms with E-state index in [1.165, 1.54) is 24.8 Å². The van der Waals surface area contributed by atoms with Gasteiger partial charge in [0, 0.05) is 6.54 Å². The first-order valence-electron chi connectivity index (χ1n) is 6.74. The molecule has 1 aliphatic heterocycles. The molecule has 0 amide bonds. The average molecular weight is 233 g/mol. The van der Waals surface area contributed by atoms with Crippen LogP contribution < -0.4 is 5.32 Å². The summed E-state index contributed by atoms with van der Waals surface area (Å²) in [6, 6.07) is 10.7. The van der Waals surface area contributed by atoms with Gasteiger partial charge in [0.2, 0.25) is 0 Å². The fraction of sp³-hybridized carbons (Fsp3) is 0.600. The molecule has 2 unspecified atom stereocenters. The van der Waals surface area contributed by atoms with Crippen molar-refractivity contribution >= 4 is 0 Å². The monoisotopic (exact) mass is 233 g/mol. The van der Waals surface area contributed by atoms with E-state index in [0.29, 0.717) is 12.2 Å². The Bertz CT molecular complexity index is 312. The Morgan fingerprint density at radius 1 is 1.24 bits per heavy atom. The second kappa shape index (κ2) is 6.77. The number of aryl methyl sites for hydroxylation is 1. The van der Waals surface area contributed by atoms with E-state index in [1.54, 1.807) is 0 Å². The fourth-order valence-corrected chi connectivity index (χ4v) is 2.36. The lowest BCUT2D eigenvalue weighted by atomic mass is 10.1. The predicted molar refractivity (Wildman–Crippen MR) is 71.2 cm³/mol. The average Bonchev–Trinajstić information content (AvgIpc) is 2.76. The third-order valence-corrected chi connectivity index (χ3v) is 3.35. The lowest BCUT2D eigenvalue weighted by Gasteiger charge is -2.12. The van der Waals surface area contributed by atoms with Crippen molar-refractivity contribution < 1.29 is 4.74 Å². The van der Waals surface area contributed by atoms with Gasteiger partial charge in [-0.15, -0.1) is 0 Å². The SMILES string of the molecule is CC1CCC(CNCCCc2ccccc2)O1. The molecule has 0 bridgehead atoms. The second-order valence-electron chi connectivity index (χ2n) is 4.94. The van der Waals surface area contributed by atoms with Crippen LogP contribution in [0.2, 0.25) is 0 Å². The van der Waals surface area contributed by atoms with Crippen LogP contribution in [-0.4, -0.2) is 25.3 Å². The van der Waals surface area contributed by atoms with E-state index < -0.39 is 0 Å². The summed E-state index contributed by atoms with van der Waals surface area (Å²) in [7, 11) is 0. The number of benzene rings is 1. The molecule has 0 radical (unpaired) electrons. The van der Waals surface area contributed by atoms with E-state index in [9.17, 15) is 0 Å². The molecular formula is C15H23NO. The van der Waals surface area contributed by atoms with Crippen LogP contribution in [0.5, 0.6) is 0 Å². The van der Waals surface area contributed by atoms with E-state index in [-0.39, 0.29) is 0 Å². The highest BCUT2D eigenvalue weighted by Gasteiger charge is 2.20. The molecule has 94 valence electrons. The largest absolute Gasteiger partial charge is 0.374 e. The molecule has 1 aromatic carbocycles. The quantitative estimate of drug-likeness (QED) is 0.763. The van der Waals surface area contributed by atoms with Crippen LogP contribution in [0.15, 0.2) is 30.3 Å². The van der Waals surface area contributed by atoms with Gasteiger partial charge in [-0.05, 0) is 44.7 Å². The van der Waals surface area contributed by atoms with Crippen molar-refractivity contribution in [3.63, 3.8) is 0 Å². The summed E-state index contributed by atoms with van der Waals surface area (Å²) in [6.45, 7) is 4.26. The molecule has 1 heterocycles. The van der Waals surface area contributed by atoms with Crippen molar-refractivity contribution in [2.45, 2.75) is 44.8 Å². The predicted octanol–water partition coefficient (Wildman–Crippen LogP) is 2.78. The van der Waals surface area contributed by atoms with E-state index in [4.69, 9.17) is 4.74 Å². The zero-order valence-electron chi connectivity index (χ0n) is 10.7. The van der Waals surface area contributed by atoms with E-state index in [2.05, 4.69) is 42.6 Å². The Labute approximate surface area is 104 Å². The van der Waals surface area contributed by atoms with Crippen LogP contribution in [0.1, 0.15) is 31.7 Å². The third kappa shape index (κ3) is 4.49. The molecule has 0 saturated carbocycles. The molecule has 0 spiro atoms. The van der Waals surface area contributed by atoms with Crippen LogP contribution in [-0.2, 0) is 11.2 Å². The third-order valence-electron chi connectivity index (χ3n) is 3.35. The van der Waals surface area contributed by atoms with E-state index in [0.717, 1.165) is 19.5 Å². The second-order valence-corrected chi connectivity index (χ2v) is 4.94. The van der Waals surface area contributed by atoms with Crippen molar-refractivity contribution in [1.29, 1.82) is 0 Å². The van der Waals surface area contributed by atoms with Gasteiger partial charge in [-0.1, -0.05) is 30.3 Å². The number of rotatable bonds is 6. The molecule has 2 heteroatoms. The van der Waals surface area contributed by atoms with Crippen molar-refractivity contribution in [3.05, 3.63) is 35.9 Å². The fourth-order valence-electron chi connectivity index (χ4n) is 2.36. The van der Waals surface area contributed by atoms with Crippen molar-refractivity contribution in [2.75, 3.05) is 13.1 Å². The molecule has 1 aromatic rings. The van der Waals surface area contributed by atoms with Crippen LogP contribution >= 0.6 is 0 Å². The van der Waals surface area contributed by atoms with E-state index in [1.807, 2.05) is 0 Å². The van der Waals surface area contributed by atoms with Crippen molar-refractivity contribution in [2.24, 2.45) is 0 Å². The molecule has 1 fully saturated rings. The Morgan fingerprint density at radius 3 is 2.76 bits per heavy atom. The van der Waals surface area contributed by atoms with Gasteiger partial charge in [-0.25, -0.2) is 0 Å². The smallest absolute Gasteiger partial charge is 0.0704 e. The number of ether oxygens (including phenoxy) is 1. The minimum atomic E-state index is 0.446. The highest BCUT2D eigenvalue weighted by atomic mass is 16.5. The summed E-state index contributed by atoms with van der Waals surface area (Å²) < 4.78 is 5.76. The first-order chi connectivity index (χ1) is 8.34. The van der Waals surface area contributed by atoms with Crippen LogP contribution in [0.25, 0.3) is 0 Å². The maximum atomic E-state index is 5.76. The van der Waals surface area contributed by atoms with Gasteiger partial charge in [-0.2, -0.15) is 0 Å². The Hall–Kier alpha value is -0.860. The van der Waals surface area contributed by atoms with Gasteiger partial charge in [0.15, 0.2) is 0 Å². The lowest BCUT2D eigenvalue weighted by molar-refractivity contribution is 0.0561. The van der Waals surface area contributed by atoms with Gasteiger partial charge in [0.05, 0.1) is 12.2 Å². The summed E-state index contributed by atoms with van der Waals surface area (Å²) in [4.78, 5) is 0. The van der Waals surface area contributed by atoms with Crippen molar-refractivity contribution in [1.82, 2.24) is 5.32 Å². The van der Waals surface area contributed by atoms with Crippen LogP contribution in [0.4, 0.5) is 0 Å². The summed E-state index contributed by atoms with van der Waals surface area (Å²) in [5.41, 5.74) is 1.43. The molecule has 2 nitrogen and oxygen atoms in total. The van der Waals surface area contributed by atoms with Gasteiger partial charge in [0.25, 0.3) is 0 Å². The van der Waals surface area contributed by atoms with Crippen molar-refractivity contribution in [3.8, 4) is 0 Å². The Morgan fingerprint density at radius 2 is 2.06 bits per heavy atom. The molecule has 2 rings (SSSR count). The van der Waals surface area contributed by atoms with Gasteiger partial charge in [-0.3, -0.25) is 0 Å². The van der Waals surface area contributed by atoms with Crippen LogP contribution in [0, 0.1) is 0 Å². The summed E-state index contributed by atoms with van der Waals surface area (Å²) in [6.07, 6.45) is 5.71. The number of nitrogens with one attached hydrogen (secondary N) is 1. The Kier molecular flexibility index (Phi) is 5.02. The number of hydrogen-bond acceptors (Lipinski definition) is 2. The van der Waals surface area contributed by atoms with Gasteiger partial charge in [0.1, 0.15) is 0 Å².